The molecular weight excluding hydrogens is 840 g/mol. The maximum Gasteiger partial charge on any atom is 0.229 e. The van der Waals surface area contributed by atoms with E-state index in [2.05, 4.69) is 0 Å². The van der Waals surface area contributed by atoms with Gasteiger partial charge < -0.3 is 95.5 Å². The van der Waals surface area contributed by atoms with Crippen LogP contribution in [0.25, 0.3) is 11.1 Å². The third-order valence-corrected chi connectivity index (χ3v) is 10.7. The number of carbonyl (C=O) groups is 2. The number of hydrogen-bond acceptors (Lipinski definition) is 21. The first-order valence-corrected chi connectivity index (χ1v) is 19.3. The van der Waals surface area contributed by atoms with E-state index in [1.165, 1.54) is 12.1 Å². The molecule has 0 aliphatic carbocycles. The molecule has 2 aliphatic heterocycles. The van der Waals surface area contributed by atoms with Crippen molar-refractivity contribution in [3.05, 3.63) is 76.9 Å². The highest BCUT2D eigenvalue weighted by Crippen LogP contribution is 2.51. The van der Waals surface area contributed by atoms with Crippen LogP contribution in [0.15, 0.2) is 54.6 Å². The molecule has 6 rings (SSSR count). The second kappa shape index (κ2) is 19.2. The van der Waals surface area contributed by atoms with Crippen LogP contribution in [0, 0.1) is 0 Å². The van der Waals surface area contributed by atoms with Crippen molar-refractivity contribution in [2.75, 3.05) is 13.2 Å². The fourth-order valence-corrected chi connectivity index (χ4v) is 7.24. The lowest BCUT2D eigenvalue weighted by atomic mass is 9.92. The molecule has 0 aromatic heterocycles. The van der Waals surface area contributed by atoms with Crippen molar-refractivity contribution < 1.29 is 105 Å². The smallest absolute Gasteiger partial charge is 0.229 e. The molecule has 15 N–H and O–H groups in total. The molecule has 0 radical (unpaired) electrons. The Labute approximate surface area is 356 Å². The van der Waals surface area contributed by atoms with Crippen LogP contribution in [-0.4, -0.2) is 163 Å². The average molecular weight is 887 g/mol. The molecular formula is C42H46O21. The summed E-state index contributed by atoms with van der Waals surface area (Å²) in [7, 11) is 0. The van der Waals surface area contributed by atoms with E-state index in [-0.39, 0.29) is 30.6 Å². The number of aliphatic hydroxyl groups is 8. The monoisotopic (exact) mass is 886 g/mol. The number of aromatic hydroxyl groups is 7. The Morgan fingerprint density at radius 2 is 1.02 bits per heavy atom. The lowest BCUT2D eigenvalue weighted by Gasteiger charge is -2.39. The second-order valence-electron chi connectivity index (χ2n) is 15.0. The summed E-state index contributed by atoms with van der Waals surface area (Å²) < 4.78 is 22.1. The van der Waals surface area contributed by atoms with Gasteiger partial charge in [-0.2, -0.15) is 0 Å². The van der Waals surface area contributed by atoms with Crippen molar-refractivity contribution in [1.82, 2.24) is 0 Å². The van der Waals surface area contributed by atoms with E-state index in [0.717, 1.165) is 30.3 Å². The second-order valence-corrected chi connectivity index (χ2v) is 15.0. The van der Waals surface area contributed by atoms with Gasteiger partial charge in [0.05, 0.1) is 18.8 Å². The van der Waals surface area contributed by atoms with E-state index < -0.39 is 161 Å². The zero-order valence-electron chi connectivity index (χ0n) is 32.9. The zero-order valence-corrected chi connectivity index (χ0v) is 32.9. The highest BCUT2D eigenvalue weighted by Gasteiger charge is 2.46. The molecule has 0 amide bonds. The molecule has 21 heteroatoms. The molecule has 2 saturated heterocycles. The van der Waals surface area contributed by atoms with Crippen LogP contribution in [0.3, 0.4) is 0 Å². The average Bonchev–Trinajstić information content (AvgIpc) is 3.24. The Hall–Kier alpha value is -5.98. The van der Waals surface area contributed by atoms with Crippen LogP contribution in [0.1, 0.15) is 44.7 Å². The van der Waals surface area contributed by atoms with Crippen molar-refractivity contribution in [3.8, 4) is 62.9 Å². The van der Waals surface area contributed by atoms with Crippen LogP contribution in [-0.2, 0) is 22.3 Å². The highest BCUT2D eigenvalue weighted by atomic mass is 16.7. The van der Waals surface area contributed by atoms with E-state index in [0.29, 0.717) is 5.56 Å². The lowest BCUT2D eigenvalue weighted by Crippen LogP contribution is -2.60. The maximum absolute atomic E-state index is 13.7. The van der Waals surface area contributed by atoms with E-state index in [1.807, 2.05) is 0 Å². The van der Waals surface area contributed by atoms with Crippen LogP contribution < -0.4 is 9.47 Å². The molecule has 4 aromatic rings. The van der Waals surface area contributed by atoms with Gasteiger partial charge in [-0.25, -0.2) is 0 Å². The number of Topliss-reactive ketones (excluding diaryl/α,β-unsaturated/α-hetero) is 2. The number of benzene rings is 4. The minimum atomic E-state index is -2.02. The van der Waals surface area contributed by atoms with E-state index in [1.54, 1.807) is 12.1 Å². The summed E-state index contributed by atoms with van der Waals surface area (Å²) >= 11 is 0. The number of ketones is 2. The summed E-state index contributed by atoms with van der Waals surface area (Å²) in [4.78, 5) is 27.4. The Kier molecular flexibility index (Phi) is 14.2. The van der Waals surface area contributed by atoms with Gasteiger partial charge in [0.15, 0.2) is 23.1 Å². The zero-order chi connectivity index (χ0) is 46.0. The fraction of sp³-hybridized carbons (Fsp3) is 0.381. The molecule has 4 aromatic carbocycles. The number of hydrogen-bond donors (Lipinski definition) is 15. The molecule has 63 heavy (non-hydrogen) atoms. The summed E-state index contributed by atoms with van der Waals surface area (Å²) in [6.07, 6.45) is -19.1. The molecule has 0 bridgehead atoms. The van der Waals surface area contributed by atoms with Crippen molar-refractivity contribution >= 4 is 11.6 Å². The molecule has 2 aliphatic rings. The SMILES string of the molecule is O=C(CCc1cc(O)c(O)c(-c2c(O[C@@H]3O[C@H](CO)[C@@H](O)[C@H](O)[C@H]3O)cc(O)c(C(=O)CCc3ccc(O)cc3)c2O)c1)c1c(O)cc(O)cc1O[C@@H]1O[C@H](CO)[C@@H](O)[C@H](O)[C@H]1O. The van der Waals surface area contributed by atoms with Gasteiger partial charge in [-0.05, 0) is 48.2 Å². The maximum atomic E-state index is 13.7. The highest BCUT2D eigenvalue weighted by molar-refractivity contribution is 6.05. The lowest BCUT2D eigenvalue weighted by molar-refractivity contribution is -0.277. The standard InChI is InChI=1S/C42H46O21/c43-14-28-34(53)37(56)39(58)41(62-28)60-26-12-19(46)11-23(49)31(26)21(47)8-4-17-9-20(33(52)25(51)10-17)30-27(61-42-40(59)38(57)35(54)29(15-44)63-42)13-24(50)32(36(30)55)22(48)7-3-16-1-5-18(45)6-2-16/h1-2,5-6,9-13,28-29,34-35,37-46,49-59H,3-4,7-8,14-15H2/t28-,29-,34-,35-,37+,38+,39-,40-,41-,42-/m1/s1. The molecule has 2 fully saturated rings. The number of aliphatic hydroxyl groups excluding tert-OH is 8. The first-order chi connectivity index (χ1) is 29.8. The van der Waals surface area contributed by atoms with E-state index in [9.17, 15) is 86.2 Å². The molecule has 10 atom stereocenters. The number of ether oxygens (including phenoxy) is 4. The van der Waals surface area contributed by atoms with Gasteiger partial charge in [0.25, 0.3) is 0 Å². The van der Waals surface area contributed by atoms with Crippen molar-refractivity contribution in [3.63, 3.8) is 0 Å². The summed E-state index contributed by atoms with van der Waals surface area (Å²) in [6, 6.07) is 10.5. The first kappa shape index (κ1) is 46.5. The Morgan fingerprint density at radius 1 is 0.508 bits per heavy atom. The summed E-state index contributed by atoms with van der Waals surface area (Å²) in [5, 5.41) is 157. The third-order valence-electron chi connectivity index (χ3n) is 10.7. The normalized spacial score (nSPS) is 26.0. The topological polar surface area (TPSA) is 375 Å². The predicted molar refractivity (Wildman–Crippen MR) is 211 cm³/mol. The van der Waals surface area contributed by atoms with E-state index in [4.69, 9.17) is 18.9 Å². The van der Waals surface area contributed by atoms with Gasteiger partial charge in [0.1, 0.15) is 100 Å². The van der Waals surface area contributed by atoms with Gasteiger partial charge in [0.2, 0.25) is 12.6 Å². The number of aryl methyl sites for hydroxylation is 2. The van der Waals surface area contributed by atoms with Gasteiger partial charge in [-0.3, -0.25) is 9.59 Å². The number of carbonyl (C=O) groups excluding carboxylic acids is 2. The third kappa shape index (κ3) is 9.67. The molecule has 0 unspecified atom stereocenters. The van der Waals surface area contributed by atoms with Crippen molar-refractivity contribution in [2.24, 2.45) is 0 Å². The van der Waals surface area contributed by atoms with Gasteiger partial charge in [-0.15, -0.1) is 0 Å². The van der Waals surface area contributed by atoms with E-state index >= 15 is 0 Å². The Bertz CT molecular complexity index is 2290. The molecule has 2 heterocycles. The number of rotatable bonds is 15. The van der Waals surface area contributed by atoms with Crippen molar-refractivity contribution in [2.45, 2.75) is 87.1 Å². The first-order valence-electron chi connectivity index (χ1n) is 19.3. The predicted octanol–water partition coefficient (Wildman–Crippen LogP) is -0.719. The summed E-state index contributed by atoms with van der Waals surface area (Å²) in [6.45, 7) is -1.67. The molecule has 0 spiro atoms. The minimum Gasteiger partial charge on any atom is -0.508 e. The quantitative estimate of drug-likeness (QED) is 0.0517. The Balaban J connectivity index is 1.35. The van der Waals surface area contributed by atoms with Crippen molar-refractivity contribution in [1.29, 1.82) is 0 Å². The molecule has 340 valence electrons. The summed E-state index contributed by atoms with van der Waals surface area (Å²) in [5.74, 6) is -8.01. The van der Waals surface area contributed by atoms with Crippen LogP contribution in [0.2, 0.25) is 0 Å². The molecule has 21 nitrogen and oxygen atoms in total. The van der Waals surface area contributed by atoms with Gasteiger partial charge in [-0.1, -0.05) is 12.1 Å². The Morgan fingerprint density at radius 3 is 1.57 bits per heavy atom. The fourth-order valence-electron chi connectivity index (χ4n) is 7.24. The number of phenolic OH excluding ortho intramolecular Hbond substituents is 7. The number of phenols is 7. The largest absolute Gasteiger partial charge is 0.508 e. The van der Waals surface area contributed by atoms with Crippen LogP contribution >= 0.6 is 0 Å². The van der Waals surface area contributed by atoms with Crippen LogP contribution in [0.4, 0.5) is 0 Å². The van der Waals surface area contributed by atoms with Gasteiger partial charge in [0, 0.05) is 36.6 Å². The summed E-state index contributed by atoms with van der Waals surface area (Å²) in [5.41, 5.74) is -1.68. The minimum absolute atomic E-state index is 0.0289. The molecule has 0 saturated carbocycles. The van der Waals surface area contributed by atoms with Gasteiger partial charge >= 0.3 is 0 Å². The van der Waals surface area contributed by atoms with Crippen LogP contribution in [0.5, 0.6) is 51.7 Å².